The summed E-state index contributed by atoms with van der Waals surface area (Å²) in [5.74, 6) is -0.849. The van der Waals surface area contributed by atoms with Crippen molar-refractivity contribution in [2.24, 2.45) is 0 Å². The third-order valence-corrected chi connectivity index (χ3v) is 4.83. The number of alkyl halides is 2. The van der Waals surface area contributed by atoms with Crippen molar-refractivity contribution in [1.82, 2.24) is 14.7 Å². The molecule has 1 aromatic carbocycles. The number of urea groups is 1. The molecule has 2 heterocycles. The Morgan fingerprint density at radius 3 is 2.76 bits per heavy atom. The molecule has 1 aliphatic rings. The molecule has 29 heavy (non-hydrogen) atoms. The molecule has 1 atom stereocenters. The number of rotatable bonds is 8. The first-order valence-corrected chi connectivity index (χ1v) is 9.69. The highest BCUT2D eigenvalue weighted by atomic mass is 32.2. The lowest BCUT2D eigenvalue weighted by Crippen LogP contribution is -2.35. The van der Waals surface area contributed by atoms with Crippen LogP contribution in [-0.2, 0) is 14.8 Å². The average Bonchev–Trinajstić information content (AvgIpc) is 3.42. The number of hydrogen-bond acceptors (Lipinski definition) is 8. The number of carbonyl (C=O) groups is 1. The predicted octanol–water partition coefficient (Wildman–Crippen LogP) is 1.67. The monoisotopic (exact) mass is 430 g/mol. The molecule has 2 amide bonds. The van der Waals surface area contributed by atoms with Gasteiger partial charge in [-0.05, 0) is 19.1 Å². The number of nitrogens with one attached hydrogen (secondary N) is 2. The number of carbonyl (C=O) groups excluding carboxylic acids is 1. The van der Waals surface area contributed by atoms with Crippen LogP contribution in [0.5, 0.6) is 11.6 Å². The van der Waals surface area contributed by atoms with Crippen LogP contribution in [0.3, 0.4) is 0 Å². The van der Waals surface area contributed by atoms with E-state index in [4.69, 9.17) is 9.47 Å². The number of epoxide rings is 1. The largest absolute Gasteiger partial charge is 0.489 e. The Kier molecular flexibility index (Phi) is 6.08. The average molecular weight is 430 g/mol. The van der Waals surface area contributed by atoms with Gasteiger partial charge in [-0.3, -0.25) is 5.32 Å². The number of benzene rings is 1. The number of hydrogen-bond donors (Lipinski definition) is 2. The molecule has 0 radical (unpaired) electrons. The highest BCUT2D eigenvalue weighted by Gasteiger charge is 2.26. The van der Waals surface area contributed by atoms with Crippen LogP contribution in [0.4, 0.5) is 19.5 Å². The van der Waals surface area contributed by atoms with Gasteiger partial charge in [0.2, 0.25) is 11.8 Å². The van der Waals surface area contributed by atoms with Gasteiger partial charge in [0.1, 0.15) is 23.4 Å². The molecule has 2 N–H and O–H groups in total. The standard InChI is InChI=1S/C16H16F2N4O6S/c1-9-6-13(28-14(17)18)20-15(19-9)21-16(23)22-29(24,25)12-5-3-2-4-11(12)27-8-10-7-26-10/h2-6,10,14H,7-8H2,1H3,(H2,19,20,21,22,23). The number of sulfonamides is 1. The number of aryl methyl sites for hydroxylation is 1. The lowest BCUT2D eigenvalue weighted by Gasteiger charge is -2.12. The third-order valence-electron chi connectivity index (χ3n) is 3.46. The minimum Gasteiger partial charge on any atom is -0.489 e. The Balaban J connectivity index is 1.71. The molecule has 1 saturated heterocycles. The Bertz CT molecular complexity index is 1000. The normalized spacial score (nSPS) is 15.7. The second-order valence-electron chi connectivity index (χ2n) is 5.82. The van der Waals surface area contributed by atoms with E-state index in [2.05, 4.69) is 20.0 Å². The van der Waals surface area contributed by atoms with Gasteiger partial charge < -0.3 is 14.2 Å². The molecular weight excluding hydrogens is 414 g/mol. The second-order valence-corrected chi connectivity index (χ2v) is 7.47. The van der Waals surface area contributed by atoms with Gasteiger partial charge in [-0.1, -0.05) is 12.1 Å². The number of anilines is 1. The van der Waals surface area contributed by atoms with E-state index in [9.17, 15) is 22.0 Å². The molecule has 0 saturated carbocycles. The van der Waals surface area contributed by atoms with Gasteiger partial charge in [0.25, 0.3) is 10.0 Å². The van der Waals surface area contributed by atoms with Crippen LogP contribution in [-0.4, -0.2) is 50.3 Å². The van der Waals surface area contributed by atoms with E-state index >= 15 is 0 Å². The first-order valence-electron chi connectivity index (χ1n) is 8.20. The number of amides is 2. The van der Waals surface area contributed by atoms with Crippen LogP contribution in [0.15, 0.2) is 35.2 Å². The minimum atomic E-state index is -4.31. The van der Waals surface area contributed by atoms with Gasteiger partial charge in [-0.15, -0.1) is 0 Å². The summed E-state index contributed by atoms with van der Waals surface area (Å²) in [4.78, 5) is 19.2. The Morgan fingerprint density at radius 2 is 2.07 bits per heavy atom. The summed E-state index contributed by atoms with van der Waals surface area (Å²) >= 11 is 0. The van der Waals surface area contributed by atoms with Crippen LogP contribution in [0.1, 0.15) is 5.69 Å². The summed E-state index contributed by atoms with van der Waals surface area (Å²) in [6.45, 7) is -0.966. The van der Waals surface area contributed by atoms with Crippen molar-refractivity contribution >= 4 is 22.0 Å². The van der Waals surface area contributed by atoms with Gasteiger partial charge >= 0.3 is 12.6 Å². The quantitative estimate of drug-likeness (QED) is 0.605. The van der Waals surface area contributed by atoms with Crippen LogP contribution < -0.4 is 19.5 Å². The van der Waals surface area contributed by atoms with Crippen molar-refractivity contribution in [2.45, 2.75) is 24.5 Å². The van der Waals surface area contributed by atoms with E-state index in [1.165, 1.54) is 25.1 Å². The number of ether oxygens (including phenoxy) is 3. The highest BCUT2D eigenvalue weighted by molar-refractivity contribution is 7.90. The van der Waals surface area contributed by atoms with Crippen LogP contribution in [0, 0.1) is 6.92 Å². The molecule has 156 valence electrons. The van der Waals surface area contributed by atoms with Crippen LogP contribution in [0.25, 0.3) is 0 Å². The van der Waals surface area contributed by atoms with E-state index in [1.54, 1.807) is 10.8 Å². The second kappa shape index (κ2) is 8.53. The zero-order chi connectivity index (χ0) is 21.0. The summed E-state index contributed by atoms with van der Waals surface area (Å²) in [6, 6.07) is 5.67. The highest BCUT2D eigenvalue weighted by Crippen LogP contribution is 2.24. The fourth-order valence-corrected chi connectivity index (χ4v) is 3.24. The number of aromatic nitrogens is 2. The summed E-state index contributed by atoms with van der Waals surface area (Å²) in [5, 5.41) is 2.06. The maximum atomic E-state index is 12.5. The topological polar surface area (TPSA) is 132 Å². The maximum absolute atomic E-state index is 12.5. The minimum absolute atomic E-state index is 0.0442. The molecule has 3 rings (SSSR count). The van der Waals surface area contributed by atoms with Gasteiger partial charge in [-0.2, -0.15) is 13.8 Å². The van der Waals surface area contributed by atoms with E-state index in [1.807, 2.05) is 0 Å². The Labute approximate surface area is 164 Å². The van der Waals surface area contributed by atoms with Gasteiger partial charge in [0.05, 0.1) is 6.61 Å². The molecule has 1 unspecified atom stereocenters. The zero-order valence-corrected chi connectivity index (χ0v) is 15.8. The smallest absolute Gasteiger partial charge is 0.388 e. The van der Waals surface area contributed by atoms with Crippen LogP contribution in [0.2, 0.25) is 0 Å². The summed E-state index contributed by atoms with van der Waals surface area (Å²) < 4.78 is 66.1. The summed E-state index contributed by atoms with van der Waals surface area (Å²) in [6.07, 6.45) is -0.0925. The van der Waals surface area contributed by atoms with Crippen molar-refractivity contribution in [3.8, 4) is 11.6 Å². The lowest BCUT2D eigenvalue weighted by atomic mass is 10.3. The third kappa shape index (κ3) is 5.96. The van der Waals surface area contributed by atoms with Gasteiger partial charge in [0, 0.05) is 11.8 Å². The van der Waals surface area contributed by atoms with Crippen molar-refractivity contribution in [3.63, 3.8) is 0 Å². The van der Waals surface area contributed by atoms with Crippen molar-refractivity contribution in [1.29, 1.82) is 0 Å². The SMILES string of the molecule is Cc1cc(OC(F)F)nc(NC(=O)NS(=O)(=O)c2ccccc2OCC2CO2)n1. The molecule has 10 nitrogen and oxygen atoms in total. The maximum Gasteiger partial charge on any atom is 0.388 e. The van der Waals surface area contributed by atoms with Crippen molar-refractivity contribution in [2.75, 3.05) is 18.5 Å². The number of halogens is 2. The first kappa shape index (κ1) is 20.7. The predicted molar refractivity (Wildman–Crippen MR) is 94.4 cm³/mol. The van der Waals surface area contributed by atoms with Crippen LogP contribution >= 0.6 is 0 Å². The molecule has 2 aromatic rings. The molecule has 1 fully saturated rings. The van der Waals surface area contributed by atoms with E-state index < -0.39 is 34.5 Å². The van der Waals surface area contributed by atoms with Gasteiger partial charge in [-0.25, -0.2) is 22.9 Å². The molecule has 1 aromatic heterocycles. The molecule has 0 aliphatic carbocycles. The molecule has 1 aliphatic heterocycles. The number of para-hydroxylation sites is 1. The lowest BCUT2D eigenvalue weighted by molar-refractivity contribution is -0.0528. The molecule has 13 heteroatoms. The zero-order valence-electron chi connectivity index (χ0n) is 15.0. The Hall–Kier alpha value is -3.06. The van der Waals surface area contributed by atoms with Crippen molar-refractivity contribution in [3.05, 3.63) is 36.0 Å². The van der Waals surface area contributed by atoms with Crippen molar-refractivity contribution < 1.29 is 36.2 Å². The fraction of sp³-hybridized carbons (Fsp3) is 0.312. The van der Waals surface area contributed by atoms with E-state index in [-0.39, 0.29) is 29.0 Å². The Morgan fingerprint density at radius 1 is 1.34 bits per heavy atom. The van der Waals surface area contributed by atoms with Gasteiger partial charge in [0.15, 0.2) is 0 Å². The molecular formula is C16H16F2N4O6S. The van der Waals surface area contributed by atoms with E-state index in [0.29, 0.717) is 6.61 Å². The molecule has 0 spiro atoms. The first-order chi connectivity index (χ1) is 13.7. The fourth-order valence-electron chi connectivity index (χ4n) is 2.19. The van der Waals surface area contributed by atoms with E-state index in [0.717, 1.165) is 6.07 Å². The molecule has 0 bridgehead atoms. The summed E-state index contributed by atoms with van der Waals surface area (Å²) in [5.41, 5.74) is 0.217. The number of nitrogens with zero attached hydrogens (tertiary/aromatic N) is 2. The summed E-state index contributed by atoms with van der Waals surface area (Å²) in [7, 11) is -4.31.